The number of amides is 1. The molecule has 2 rings (SSSR count). The minimum Gasteiger partial charge on any atom is -0.444 e. The van der Waals surface area contributed by atoms with Gasteiger partial charge in [-0.1, -0.05) is 17.7 Å². The molecule has 0 fully saturated rings. The summed E-state index contributed by atoms with van der Waals surface area (Å²) >= 11 is 0. The molecule has 42 heavy (non-hydrogen) atoms. The molecular formula is C27H37N5O9S. The molecule has 0 bridgehead atoms. The smallest absolute Gasteiger partial charge is 0.444 e. The van der Waals surface area contributed by atoms with Crippen LogP contribution in [0.4, 0.5) is 15.3 Å². The summed E-state index contributed by atoms with van der Waals surface area (Å²) in [5.41, 5.74) is 6.99. The number of alkyl carbamates (subject to hydrolysis) is 1. The van der Waals surface area contributed by atoms with Crippen LogP contribution < -0.4 is 20.5 Å². The molecule has 2 aromatic rings. The van der Waals surface area contributed by atoms with E-state index in [1.54, 1.807) is 46.8 Å². The highest BCUT2D eigenvalue weighted by Crippen LogP contribution is 2.21. The maximum atomic E-state index is 12.9. The number of guanidine groups is 1. The topological polar surface area (TPSA) is 202 Å². The van der Waals surface area contributed by atoms with Crippen molar-refractivity contribution in [2.45, 2.75) is 70.9 Å². The molecule has 0 aliphatic heterocycles. The molecule has 2 aromatic carbocycles. The SMILES string of the molecule is Cc1cc(C)c(S(=O)(=O)NC(N)=NCCC[C@@H](COC(=O)Oc2ccc([N+](=O)[O-])cc2)NC(=O)OC(C)(C)C)c(C)c1. The number of nitrogens with one attached hydrogen (secondary N) is 2. The zero-order valence-corrected chi connectivity index (χ0v) is 25.2. The van der Waals surface area contributed by atoms with Crippen molar-refractivity contribution in [2.75, 3.05) is 13.2 Å². The zero-order chi connectivity index (χ0) is 31.7. The van der Waals surface area contributed by atoms with Gasteiger partial charge in [0.2, 0.25) is 5.96 Å². The Bertz CT molecular complexity index is 1400. The number of aryl methyl sites for hydroxylation is 3. The quantitative estimate of drug-likeness (QED) is 0.0637. The van der Waals surface area contributed by atoms with Crippen LogP contribution in [0.2, 0.25) is 0 Å². The molecule has 15 heteroatoms. The number of hydrogen-bond acceptors (Lipinski definition) is 10. The number of sulfonamides is 1. The van der Waals surface area contributed by atoms with Crippen LogP contribution in [0.5, 0.6) is 5.75 Å². The number of benzene rings is 2. The lowest BCUT2D eigenvalue weighted by molar-refractivity contribution is -0.384. The molecule has 0 aliphatic rings. The number of non-ortho nitro benzene ring substituents is 1. The fraction of sp³-hybridized carbons (Fsp3) is 0.444. The van der Waals surface area contributed by atoms with E-state index in [-0.39, 0.29) is 41.9 Å². The van der Waals surface area contributed by atoms with Gasteiger partial charge in [-0.25, -0.2) is 22.7 Å². The minimum atomic E-state index is -3.96. The first-order valence-electron chi connectivity index (χ1n) is 13.0. The molecule has 0 radical (unpaired) electrons. The number of carbonyl (C=O) groups is 2. The number of nitrogens with two attached hydrogens (primary N) is 1. The first kappa shape index (κ1) is 33.8. The number of ether oxygens (including phenoxy) is 3. The van der Waals surface area contributed by atoms with Crippen LogP contribution >= 0.6 is 0 Å². The zero-order valence-electron chi connectivity index (χ0n) is 24.4. The van der Waals surface area contributed by atoms with Crippen molar-refractivity contribution in [3.8, 4) is 5.75 Å². The number of rotatable bonds is 11. The summed E-state index contributed by atoms with van der Waals surface area (Å²) in [5.74, 6) is -0.264. The summed E-state index contributed by atoms with van der Waals surface area (Å²) < 4.78 is 43.4. The lowest BCUT2D eigenvalue weighted by Gasteiger charge is -2.23. The summed E-state index contributed by atoms with van der Waals surface area (Å²) in [6.45, 7) is 10.2. The van der Waals surface area contributed by atoms with Crippen molar-refractivity contribution in [3.63, 3.8) is 0 Å². The fourth-order valence-electron chi connectivity index (χ4n) is 3.95. The average Bonchev–Trinajstić information content (AvgIpc) is 2.83. The summed E-state index contributed by atoms with van der Waals surface area (Å²) in [6, 6.07) is 7.64. The summed E-state index contributed by atoms with van der Waals surface area (Å²) in [6.07, 6.45) is -1.24. The normalized spacial score (nSPS) is 12.7. The minimum absolute atomic E-state index is 0.0329. The van der Waals surface area contributed by atoms with Crippen LogP contribution in [0, 0.1) is 30.9 Å². The highest BCUT2D eigenvalue weighted by Gasteiger charge is 2.22. The first-order chi connectivity index (χ1) is 19.5. The molecule has 0 aliphatic carbocycles. The number of nitrogens with zero attached hydrogens (tertiary/aromatic N) is 2. The Balaban J connectivity index is 1.98. The van der Waals surface area contributed by atoms with E-state index in [0.29, 0.717) is 17.5 Å². The average molecular weight is 608 g/mol. The Morgan fingerprint density at radius 2 is 1.69 bits per heavy atom. The third kappa shape index (κ3) is 11.2. The van der Waals surface area contributed by atoms with Gasteiger partial charge in [0.25, 0.3) is 15.7 Å². The van der Waals surface area contributed by atoms with Gasteiger partial charge in [-0.2, -0.15) is 0 Å². The number of carbonyl (C=O) groups excluding carboxylic acids is 2. The third-order valence-electron chi connectivity index (χ3n) is 5.48. The first-order valence-corrected chi connectivity index (χ1v) is 14.4. The van der Waals surface area contributed by atoms with Gasteiger partial charge in [0.05, 0.1) is 15.9 Å². The second-order valence-electron chi connectivity index (χ2n) is 10.5. The summed E-state index contributed by atoms with van der Waals surface area (Å²) in [4.78, 5) is 38.9. The lowest BCUT2D eigenvalue weighted by atomic mass is 10.1. The maximum absolute atomic E-state index is 12.9. The van der Waals surface area contributed by atoms with Gasteiger partial charge in [-0.3, -0.25) is 15.1 Å². The molecule has 4 N–H and O–H groups in total. The van der Waals surface area contributed by atoms with Crippen molar-refractivity contribution in [2.24, 2.45) is 10.7 Å². The second kappa shape index (κ2) is 14.5. The number of hydrogen-bond donors (Lipinski definition) is 3. The van der Waals surface area contributed by atoms with Crippen LogP contribution in [0.1, 0.15) is 50.3 Å². The van der Waals surface area contributed by atoms with Gasteiger partial charge in [-0.05, 0) is 77.6 Å². The largest absolute Gasteiger partial charge is 0.513 e. The Hall–Kier alpha value is -4.40. The standard InChI is InChI=1S/C27H37N5O9S/c1-17-14-18(2)23(19(3)15-17)42(37,38)31-24(28)29-13-7-8-20(30-25(33)41-27(4,5)6)16-39-26(34)40-22-11-9-21(10-12-22)32(35)36/h9-12,14-15,20H,7-8,13,16H2,1-6H3,(H,30,33)(H3,28,29,31)/t20-/m0/s1. The molecule has 0 spiro atoms. The van der Waals surface area contributed by atoms with Crippen LogP contribution in [-0.2, 0) is 19.5 Å². The second-order valence-corrected chi connectivity index (χ2v) is 12.1. The van der Waals surface area contributed by atoms with E-state index in [4.69, 9.17) is 19.9 Å². The molecule has 230 valence electrons. The molecular weight excluding hydrogens is 570 g/mol. The van der Waals surface area contributed by atoms with Crippen LogP contribution in [0.15, 0.2) is 46.3 Å². The Labute approximate surface area is 244 Å². The predicted molar refractivity (Wildman–Crippen MR) is 155 cm³/mol. The van der Waals surface area contributed by atoms with E-state index in [0.717, 1.165) is 5.56 Å². The maximum Gasteiger partial charge on any atom is 0.513 e. The van der Waals surface area contributed by atoms with E-state index in [1.165, 1.54) is 24.3 Å². The number of aliphatic imine (C=N–C) groups is 1. The Kier molecular flexibility index (Phi) is 11.7. The van der Waals surface area contributed by atoms with Crippen LogP contribution in [-0.4, -0.2) is 56.3 Å². The van der Waals surface area contributed by atoms with Gasteiger partial charge < -0.3 is 25.3 Å². The van der Waals surface area contributed by atoms with E-state index in [9.17, 15) is 28.1 Å². The van der Waals surface area contributed by atoms with Gasteiger partial charge in [0.15, 0.2) is 0 Å². The van der Waals surface area contributed by atoms with E-state index < -0.39 is 38.8 Å². The molecule has 1 atom stereocenters. The molecule has 0 aromatic heterocycles. The van der Waals surface area contributed by atoms with Crippen molar-refractivity contribution in [3.05, 3.63) is 63.2 Å². The van der Waals surface area contributed by atoms with Gasteiger partial charge in [0.1, 0.15) is 18.0 Å². The van der Waals surface area contributed by atoms with Crippen molar-refractivity contribution < 1.29 is 37.1 Å². The molecule has 0 heterocycles. The van der Waals surface area contributed by atoms with E-state index in [1.807, 2.05) is 6.92 Å². The Morgan fingerprint density at radius 1 is 1.10 bits per heavy atom. The van der Waals surface area contributed by atoms with Gasteiger partial charge in [0, 0.05) is 18.7 Å². The molecule has 1 amide bonds. The van der Waals surface area contributed by atoms with Crippen molar-refractivity contribution in [1.82, 2.24) is 10.0 Å². The molecule has 14 nitrogen and oxygen atoms in total. The lowest BCUT2D eigenvalue weighted by Crippen LogP contribution is -2.42. The number of nitro groups is 1. The monoisotopic (exact) mass is 607 g/mol. The summed E-state index contributed by atoms with van der Waals surface area (Å²) in [7, 11) is -3.96. The van der Waals surface area contributed by atoms with Gasteiger partial charge in [-0.15, -0.1) is 0 Å². The summed E-state index contributed by atoms with van der Waals surface area (Å²) in [5, 5.41) is 13.4. The van der Waals surface area contributed by atoms with Crippen molar-refractivity contribution >= 4 is 33.9 Å². The number of nitro benzene ring substituents is 1. The highest BCUT2D eigenvalue weighted by atomic mass is 32.2. The van der Waals surface area contributed by atoms with Crippen LogP contribution in [0.25, 0.3) is 0 Å². The molecule has 0 saturated heterocycles. The van der Waals surface area contributed by atoms with Crippen molar-refractivity contribution in [1.29, 1.82) is 0 Å². The highest BCUT2D eigenvalue weighted by molar-refractivity contribution is 7.90. The van der Waals surface area contributed by atoms with E-state index in [2.05, 4.69) is 15.0 Å². The molecule has 0 unspecified atom stereocenters. The van der Waals surface area contributed by atoms with E-state index >= 15 is 0 Å². The Morgan fingerprint density at radius 3 is 2.24 bits per heavy atom. The molecule has 0 saturated carbocycles. The van der Waals surface area contributed by atoms with Gasteiger partial charge >= 0.3 is 12.2 Å². The predicted octanol–water partition coefficient (Wildman–Crippen LogP) is 4.00. The fourth-order valence-corrected chi connectivity index (χ4v) is 5.36. The van der Waals surface area contributed by atoms with Crippen LogP contribution in [0.3, 0.4) is 0 Å². The third-order valence-corrected chi connectivity index (χ3v) is 7.14.